The number of hydrogen-bond donors (Lipinski definition) is 1. The first-order valence-electron chi connectivity index (χ1n) is 11.0. The van der Waals surface area contributed by atoms with Gasteiger partial charge in [0.15, 0.2) is 0 Å². The molecule has 1 aliphatic heterocycles. The minimum Gasteiger partial charge on any atom is -0.354 e. The molecule has 3 aromatic rings. The molecule has 2 aromatic carbocycles. The molecule has 1 N–H and O–H groups in total. The molecule has 2 heterocycles. The lowest BCUT2D eigenvalue weighted by atomic mass is 9.97. The van der Waals surface area contributed by atoms with Crippen LogP contribution < -0.4 is 15.8 Å². The second kappa shape index (κ2) is 10.0. The lowest BCUT2D eigenvalue weighted by Crippen LogP contribution is -2.43. The molecular weight excluding hydrogens is 424 g/mol. The van der Waals surface area contributed by atoms with Crippen molar-refractivity contribution in [2.75, 3.05) is 18.0 Å². The minimum absolute atomic E-state index is 0.0121. The van der Waals surface area contributed by atoms with E-state index in [-0.39, 0.29) is 17.4 Å². The molecule has 6 nitrogen and oxygen atoms in total. The Kier molecular flexibility index (Phi) is 6.90. The summed E-state index contributed by atoms with van der Waals surface area (Å²) in [6.07, 6.45) is 2.65. The van der Waals surface area contributed by atoms with Crippen molar-refractivity contribution in [2.45, 2.75) is 32.7 Å². The minimum atomic E-state index is -0.177. The summed E-state index contributed by atoms with van der Waals surface area (Å²) < 4.78 is 1.43. The van der Waals surface area contributed by atoms with Gasteiger partial charge in [0.25, 0.3) is 5.56 Å². The molecule has 0 saturated carbocycles. The average Bonchev–Trinajstić information content (AvgIpc) is 2.84. The summed E-state index contributed by atoms with van der Waals surface area (Å²) in [6, 6.07) is 18.6. The summed E-state index contributed by atoms with van der Waals surface area (Å²) in [4.78, 5) is 27.3. The smallest absolute Gasteiger partial charge is 0.271 e. The first-order chi connectivity index (χ1) is 15.5. The molecule has 1 saturated heterocycles. The van der Waals surface area contributed by atoms with Crippen LogP contribution in [0.1, 0.15) is 30.9 Å². The van der Waals surface area contributed by atoms with E-state index in [1.54, 1.807) is 6.07 Å². The van der Waals surface area contributed by atoms with Crippen molar-refractivity contribution in [2.24, 2.45) is 5.92 Å². The lowest BCUT2D eigenvalue weighted by Gasteiger charge is -2.33. The topological polar surface area (TPSA) is 67.2 Å². The molecular formula is C25H27ClN4O2. The van der Waals surface area contributed by atoms with Gasteiger partial charge in [0.1, 0.15) is 5.82 Å². The van der Waals surface area contributed by atoms with Crippen molar-refractivity contribution in [3.63, 3.8) is 0 Å². The van der Waals surface area contributed by atoms with Gasteiger partial charge in [0, 0.05) is 30.7 Å². The predicted octanol–water partition coefficient (Wildman–Crippen LogP) is 3.98. The molecule has 0 radical (unpaired) electrons. The van der Waals surface area contributed by atoms with E-state index in [1.807, 2.05) is 48.5 Å². The quantitative estimate of drug-likeness (QED) is 0.616. The van der Waals surface area contributed by atoms with Gasteiger partial charge in [-0.1, -0.05) is 48.9 Å². The maximum Gasteiger partial charge on any atom is 0.271 e. The number of halogens is 1. The van der Waals surface area contributed by atoms with Crippen LogP contribution in [-0.4, -0.2) is 28.8 Å². The van der Waals surface area contributed by atoms with Crippen molar-refractivity contribution in [3.05, 3.63) is 87.2 Å². The maximum absolute atomic E-state index is 12.8. The first kappa shape index (κ1) is 22.1. The molecule has 166 valence electrons. The molecule has 0 unspecified atom stereocenters. The molecule has 1 atom stereocenters. The zero-order chi connectivity index (χ0) is 22.5. The van der Waals surface area contributed by atoms with Gasteiger partial charge in [-0.25, -0.2) is 0 Å². The number of anilines is 1. The number of piperidine rings is 1. The maximum atomic E-state index is 12.8. The number of aromatic nitrogens is 2. The normalized spacial score (nSPS) is 16.1. The van der Waals surface area contributed by atoms with Crippen molar-refractivity contribution >= 4 is 23.3 Å². The number of amides is 1. The fourth-order valence-corrected chi connectivity index (χ4v) is 4.20. The molecule has 32 heavy (non-hydrogen) atoms. The van der Waals surface area contributed by atoms with E-state index in [2.05, 4.69) is 22.2 Å². The molecule has 0 spiro atoms. The Labute approximate surface area is 192 Å². The molecule has 0 bridgehead atoms. The van der Waals surface area contributed by atoms with Crippen LogP contribution in [0.2, 0.25) is 5.02 Å². The van der Waals surface area contributed by atoms with Gasteiger partial charge >= 0.3 is 0 Å². The lowest BCUT2D eigenvalue weighted by molar-refractivity contribution is -0.125. The van der Waals surface area contributed by atoms with Crippen LogP contribution in [0.5, 0.6) is 0 Å². The van der Waals surface area contributed by atoms with Gasteiger partial charge in [-0.2, -0.15) is 4.68 Å². The zero-order valence-corrected chi connectivity index (χ0v) is 18.9. The van der Waals surface area contributed by atoms with Crippen molar-refractivity contribution in [3.8, 4) is 5.69 Å². The summed E-state index contributed by atoms with van der Waals surface area (Å²) in [5, 5.41) is 8.26. The Morgan fingerprint density at radius 1 is 1.12 bits per heavy atom. The van der Waals surface area contributed by atoms with Crippen molar-refractivity contribution in [1.82, 2.24) is 15.1 Å². The SMILES string of the molecule is CCc1ccc(-n2nc(N3CCC[C@H](C(=O)NCc4ccccc4Cl)C3)ccc2=O)cc1. The van der Waals surface area contributed by atoms with Gasteiger partial charge in [-0.3, -0.25) is 9.59 Å². The number of carbonyl (C=O) groups excluding carboxylic acids is 1. The Hall–Kier alpha value is -3.12. The Balaban J connectivity index is 1.46. The number of carbonyl (C=O) groups is 1. The van der Waals surface area contributed by atoms with Gasteiger partial charge < -0.3 is 10.2 Å². The van der Waals surface area contributed by atoms with E-state index >= 15 is 0 Å². The third kappa shape index (κ3) is 5.02. The highest BCUT2D eigenvalue weighted by Gasteiger charge is 2.27. The molecule has 7 heteroatoms. The fourth-order valence-electron chi connectivity index (χ4n) is 4.00. The molecule has 0 aliphatic carbocycles. The van der Waals surface area contributed by atoms with Crippen LogP contribution in [0, 0.1) is 5.92 Å². The van der Waals surface area contributed by atoms with Crippen LogP contribution in [0.3, 0.4) is 0 Å². The number of benzene rings is 2. The molecule has 4 rings (SSSR count). The highest BCUT2D eigenvalue weighted by molar-refractivity contribution is 6.31. The molecule has 1 aromatic heterocycles. The molecule has 1 fully saturated rings. The number of hydrogen-bond acceptors (Lipinski definition) is 4. The number of nitrogens with zero attached hydrogens (tertiary/aromatic N) is 3. The van der Waals surface area contributed by atoms with E-state index in [0.29, 0.717) is 23.9 Å². The van der Waals surface area contributed by atoms with Crippen LogP contribution >= 0.6 is 11.6 Å². The van der Waals surface area contributed by atoms with Crippen LogP contribution in [-0.2, 0) is 17.8 Å². The molecule has 1 amide bonds. The van der Waals surface area contributed by atoms with Crippen molar-refractivity contribution in [1.29, 1.82) is 0 Å². The fraction of sp³-hybridized carbons (Fsp3) is 0.320. The second-order valence-corrected chi connectivity index (χ2v) is 8.46. The van der Waals surface area contributed by atoms with E-state index in [9.17, 15) is 9.59 Å². The zero-order valence-electron chi connectivity index (χ0n) is 18.1. The number of nitrogens with one attached hydrogen (secondary N) is 1. The van der Waals surface area contributed by atoms with E-state index in [0.717, 1.165) is 37.1 Å². The standard InChI is InChI=1S/C25H27ClN4O2/c1-2-18-9-11-21(12-10-18)30-24(31)14-13-23(28-30)29-15-5-7-20(17-29)25(32)27-16-19-6-3-4-8-22(19)26/h3-4,6,8-14,20H,2,5,7,15-17H2,1H3,(H,27,32)/t20-/m0/s1. The van der Waals surface area contributed by atoms with Crippen LogP contribution in [0.15, 0.2) is 65.5 Å². The Bertz CT molecular complexity index is 1140. The largest absolute Gasteiger partial charge is 0.354 e. The summed E-state index contributed by atoms with van der Waals surface area (Å²) in [6.45, 7) is 3.87. The van der Waals surface area contributed by atoms with E-state index in [1.165, 1.54) is 16.3 Å². The monoisotopic (exact) mass is 450 g/mol. The van der Waals surface area contributed by atoms with E-state index in [4.69, 9.17) is 11.6 Å². The highest BCUT2D eigenvalue weighted by atomic mass is 35.5. The van der Waals surface area contributed by atoms with Crippen LogP contribution in [0.4, 0.5) is 5.82 Å². The van der Waals surface area contributed by atoms with Gasteiger partial charge in [-0.15, -0.1) is 5.10 Å². The number of aryl methyl sites for hydroxylation is 1. The summed E-state index contributed by atoms with van der Waals surface area (Å²) in [7, 11) is 0. The third-order valence-corrected chi connectivity index (χ3v) is 6.27. The van der Waals surface area contributed by atoms with Crippen LogP contribution in [0.25, 0.3) is 5.69 Å². The average molecular weight is 451 g/mol. The molecule has 1 aliphatic rings. The third-order valence-electron chi connectivity index (χ3n) is 5.90. The van der Waals surface area contributed by atoms with Crippen molar-refractivity contribution < 1.29 is 4.79 Å². The van der Waals surface area contributed by atoms with Gasteiger partial charge in [0.05, 0.1) is 11.6 Å². The Morgan fingerprint density at radius 3 is 2.66 bits per heavy atom. The highest BCUT2D eigenvalue weighted by Crippen LogP contribution is 2.22. The predicted molar refractivity (Wildman–Crippen MR) is 127 cm³/mol. The first-order valence-corrected chi connectivity index (χ1v) is 11.4. The second-order valence-electron chi connectivity index (χ2n) is 8.06. The Morgan fingerprint density at radius 2 is 1.91 bits per heavy atom. The number of rotatable bonds is 6. The van der Waals surface area contributed by atoms with Gasteiger partial charge in [0.2, 0.25) is 5.91 Å². The summed E-state index contributed by atoms with van der Waals surface area (Å²) >= 11 is 6.20. The van der Waals surface area contributed by atoms with Gasteiger partial charge in [-0.05, 0) is 54.7 Å². The van der Waals surface area contributed by atoms with E-state index < -0.39 is 0 Å². The summed E-state index contributed by atoms with van der Waals surface area (Å²) in [5.74, 6) is 0.572. The summed E-state index contributed by atoms with van der Waals surface area (Å²) in [5.41, 5.74) is 2.67.